The van der Waals surface area contributed by atoms with E-state index in [1.807, 2.05) is 0 Å². The zero-order valence-electron chi connectivity index (χ0n) is 51.1. The van der Waals surface area contributed by atoms with Crippen LogP contribution >= 0.6 is 11.6 Å². The molecule has 4 aliphatic heterocycles. The summed E-state index contributed by atoms with van der Waals surface area (Å²) >= 11 is 5.00. The van der Waals surface area contributed by atoms with Crippen LogP contribution < -0.4 is 39.5 Å². The van der Waals surface area contributed by atoms with Crippen molar-refractivity contribution in [2.45, 2.75) is 116 Å². The third kappa shape index (κ3) is 17.5. The van der Waals surface area contributed by atoms with Crippen molar-refractivity contribution in [1.29, 1.82) is 0 Å². The predicted octanol–water partition coefficient (Wildman–Crippen LogP) is 7.02. The molecule has 4 heterocycles. The standard InChI is InChI=1S/C30H32N4O12.C21H24N2O6.C10H10ClNO6/c1-43-23-13-17(21(34(41)42)14-24(23)44-2)15-46-30(40)33-25(36)11-10-20(28(33)38)32-27(37)19-8-6-9-22(26(19)29(32)39)45-16-18(35)7-4-3-5-12-31;1-2-3-4-5-7-13(24)12-29-16-9-6-8-14-18(16)21(28)23(20(14)27)15-10-11-17(25)22-19(15)26;1-16-8-3-6(5-18-10(11)13)7(12(14)15)4-9(8)17-2/h6,8-9,13-14,20H,3-5,7,10-12,15-16,31H2,1-2H3;6,8-9,15H,2-5,7,10-12H2,1H3,(H,22,25,26);3-4H,5H2,1-2H3. The van der Waals surface area contributed by atoms with Gasteiger partial charge in [-0.05, 0) is 75.0 Å². The molecule has 0 radical (unpaired) electrons. The SMILES string of the molecule is CCCCCCC(=O)COc1cccc2c1C(=O)N(C1CCC(=O)NC1=O)C2=O.COc1cc(COC(=O)Cl)c([N+](=O)[O-])cc1OC.COc1cc(COC(=O)N2C(=O)CCC(N3C(=O)c4cccc(OCC(=O)CCCCCN)c4C3=O)C2=O)c([N+](=O)[O-])cc1OC. The van der Waals surface area contributed by atoms with Crippen LogP contribution in [-0.2, 0) is 51.5 Å². The Kier molecular flexibility index (Phi) is 25.9. The molecular formula is C61H66ClN7O24. The number of nitrogens with one attached hydrogen (secondary N) is 1. The van der Waals surface area contributed by atoms with Gasteiger partial charge < -0.3 is 43.6 Å². The minimum Gasteiger partial charge on any atom is -0.493 e. The maximum absolute atomic E-state index is 13.5. The monoisotopic (exact) mass is 1320 g/mol. The average Bonchev–Trinajstić information content (AvgIpc) is 1.62. The Hall–Kier alpha value is -10.4. The van der Waals surface area contributed by atoms with Crippen molar-refractivity contribution < 1.29 is 105 Å². The Bertz CT molecular complexity index is 3610. The minimum atomic E-state index is -1.54. The number of ether oxygens (including phenoxy) is 8. The molecule has 4 aromatic rings. The lowest BCUT2D eigenvalue weighted by Gasteiger charge is -2.32. The number of likely N-dealkylation sites (tertiary alicyclic amines) is 1. The summed E-state index contributed by atoms with van der Waals surface area (Å²) < 4.78 is 40.9. The lowest BCUT2D eigenvalue weighted by molar-refractivity contribution is -0.386. The summed E-state index contributed by atoms with van der Waals surface area (Å²) in [6.45, 7) is 1.05. The lowest BCUT2D eigenvalue weighted by atomic mass is 10.0. The molecule has 2 saturated heterocycles. The van der Waals surface area contributed by atoms with Crippen LogP contribution in [0.3, 0.4) is 0 Å². The number of carbonyl (C=O) groups is 12. The summed E-state index contributed by atoms with van der Waals surface area (Å²) in [5, 5.41) is 24.6. The summed E-state index contributed by atoms with van der Waals surface area (Å²) in [4.78, 5) is 173. The van der Waals surface area contributed by atoms with Gasteiger partial charge in [0.05, 0.1) is 83.8 Å². The number of halogens is 1. The summed E-state index contributed by atoms with van der Waals surface area (Å²) in [5.74, 6) is -5.72. The van der Waals surface area contributed by atoms with E-state index in [-0.39, 0.29) is 130 Å². The van der Waals surface area contributed by atoms with Crippen LogP contribution in [0.5, 0.6) is 34.5 Å². The first-order chi connectivity index (χ1) is 44.5. The number of nitro groups is 2. The van der Waals surface area contributed by atoms with Crippen molar-refractivity contribution in [3.63, 3.8) is 0 Å². The highest BCUT2D eigenvalue weighted by Gasteiger charge is 2.51. The summed E-state index contributed by atoms with van der Waals surface area (Å²) in [7, 11) is 5.33. The molecule has 9 amide bonds. The number of fused-ring (bicyclic) bond motifs is 2. The van der Waals surface area contributed by atoms with Crippen molar-refractivity contribution in [2.24, 2.45) is 5.73 Å². The van der Waals surface area contributed by atoms with Gasteiger partial charge in [0.2, 0.25) is 17.7 Å². The zero-order valence-corrected chi connectivity index (χ0v) is 51.9. The van der Waals surface area contributed by atoms with Crippen molar-refractivity contribution in [2.75, 3.05) is 48.2 Å². The fraction of sp³-hybridized carbons (Fsp3) is 0.410. The number of benzene rings is 4. The van der Waals surface area contributed by atoms with E-state index in [4.69, 9.17) is 50.5 Å². The van der Waals surface area contributed by atoms with Gasteiger partial charge in [-0.25, -0.2) is 9.59 Å². The van der Waals surface area contributed by atoms with E-state index < -0.39 is 99.4 Å². The van der Waals surface area contributed by atoms with Crippen LogP contribution in [0.4, 0.5) is 21.0 Å². The molecule has 2 unspecified atom stereocenters. The lowest BCUT2D eigenvalue weighted by Crippen LogP contribution is -2.57. The molecule has 93 heavy (non-hydrogen) atoms. The largest absolute Gasteiger partial charge is 0.493 e. The van der Waals surface area contributed by atoms with Gasteiger partial charge in [0.1, 0.15) is 50.0 Å². The quantitative estimate of drug-likeness (QED) is 0.0189. The smallest absolute Gasteiger partial charge is 0.423 e. The predicted molar refractivity (Wildman–Crippen MR) is 321 cm³/mol. The Labute approximate surface area is 535 Å². The second-order valence-electron chi connectivity index (χ2n) is 20.7. The van der Waals surface area contributed by atoms with E-state index >= 15 is 0 Å². The number of nitrogens with two attached hydrogens (primary N) is 1. The average molecular weight is 1320 g/mol. The van der Waals surface area contributed by atoms with Crippen molar-refractivity contribution in [1.82, 2.24) is 20.0 Å². The maximum Gasteiger partial charge on any atom is 0.423 e. The van der Waals surface area contributed by atoms with E-state index in [2.05, 4.69) is 17.0 Å². The number of imide groups is 6. The third-order valence-corrected chi connectivity index (χ3v) is 14.8. The number of unbranched alkanes of at least 4 members (excludes halogenated alkanes) is 5. The number of hydrogen-bond acceptors (Lipinski definition) is 25. The number of Topliss-reactive ketones (excluding diaryl/α,β-unsaturated/α-hetero) is 2. The summed E-state index contributed by atoms with van der Waals surface area (Å²) in [6.07, 6.45) is 4.84. The number of ketones is 2. The fourth-order valence-corrected chi connectivity index (χ4v) is 10.1. The van der Waals surface area contributed by atoms with Crippen LogP contribution in [0.1, 0.15) is 143 Å². The molecule has 0 aliphatic carbocycles. The molecule has 3 N–H and O–H groups in total. The molecule has 0 aromatic heterocycles. The van der Waals surface area contributed by atoms with Gasteiger partial charge in [0, 0.05) is 37.3 Å². The van der Waals surface area contributed by atoms with Gasteiger partial charge in [-0.2, -0.15) is 4.90 Å². The van der Waals surface area contributed by atoms with Gasteiger partial charge in [-0.15, -0.1) is 0 Å². The number of rotatable bonds is 28. The highest BCUT2D eigenvalue weighted by Crippen LogP contribution is 2.39. The van der Waals surface area contributed by atoms with Crippen LogP contribution in [0.2, 0.25) is 0 Å². The molecule has 496 valence electrons. The topological polar surface area (TPSA) is 413 Å². The Morgan fingerprint density at radius 1 is 0.591 bits per heavy atom. The van der Waals surface area contributed by atoms with Crippen molar-refractivity contribution in [3.05, 3.63) is 114 Å². The number of piperidine rings is 2. The number of amides is 9. The van der Waals surface area contributed by atoms with Crippen LogP contribution in [0.15, 0.2) is 60.7 Å². The molecule has 2 fully saturated rings. The molecule has 8 rings (SSSR count). The highest BCUT2D eigenvalue weighted by molar-refractivity contribution is 6.61. The zero-order chi connectivity index (χ0) is 68.2. The summed E-state index contributed by atoms with van der Waals surface area (Å²) in [6, 6.07) is 11.1. The van der Waals surface area contributed by atoms with Crippen LogP contribution in [0.25, 0.3) is 0 Å². The third-order valence-electron chi connectivity index (χ3n) is 14.7. The number of nitrogens with zero attached hydrogens (tertiary/aromatic N) is 5. The van der Waals surface area contributed by atoms with E-state index in [1.54, 1.807) is 6.07 Å². The van der Waals surface area contributed by atoms with Gasteiger partial charge >= 0.3 is 11.5 Å². The maximum atomic E-state index is 13.5. The van der Waals surface area contributed by atoms with E-state index in [0.29, 0.717) is 30.0 Å². The fourth-order valence-electron chi connectivity index (χ4n) is 10.1. The van der Waals surface area contributed by atoms with Gasteiger partial charge in [-0.3, -0.25) is 83.3 Å². The first kappa shape index (κ1) is 71.6. The number of hydrogen-bond donors (Lipinski definition) is 2. The molecule has 32 heteroatoms. The number of nitro benzene ring substituents is 2. The molecule has 4 aromatic carbocycles. The van der Waals surface area contributed by atoms with Gasteiger partial charge in [0.25, 0.3) is 40.9 Å². The summed E-state index contributed by atoms with van der Waals surface area (Å²) in [5.41, 5.74) is 3.71. The molecule has 4 aliphatic rings. The van der Waals surface area contributed by atoms with Crippen molar-refractivity contribution in [3.8, 4) is 34.5 Å². The Morgan fingerprint density at radius 2 is 1.04 bits per heavy atom. The molecule has 2 atom stereocenters. The molecular weight excluding hydrogens is 1250 g/mol. The molecule has 0 bridgehead atoms. The van der Waals surface area contributed by atoms with Crippen LogP contribution in [0, 0.1) is 20.2 Å². The van der Waals surface area contributed by atoms with E-state index in [0.717, 1.165) is 49.5 Å². The van der Waals surface area contributed by atoms with E-state index in [1.165, 1.54) is 77.0 Å². The molecule has 0 saturated carbocycles. The normalized spacial score (nSPS) is 15.6. The first-order valence-electron chi connectivity index (χ1n) is 29.0. The second kappa shape index (κ2) is 33.6. The minimum absolute atomic E-state index is 0.0271. The Balaban J connectivity index is 0.000000247. The first-order valence-corrected chi connectivity index (χ1v) is 29.3. The Morgan fingerprint density at radius 3 is 1.48 bits per heavy atom. The number of carbonyl (C=O) groups excluding carboxylic acids is 12. The van der Waals surface area contributed by atoms with Gasteiger partial charge in [-0.1, -0.05) is 44.7 Å². The molecule has 31 nitrogen and oxygen atoms in total. The van der Waals surface area contributed by atoms with Gasteiger partial charge in [0.15, 0.2) is 34.6 Å². The molecule has 0 spiro atoms. The highest BCUT2D eigenvalue weighted by atomic mass is 35.5. The number of methoxy groups -OCH3 is 4. The van der Waals surface area contributed by atoms with Crippen LogP contribution in [-0.4, -0.2) is 155 Å². The second-order valence-corrected chi connectivity index (χ2v) is 21.0. The van der Waals surface area contributed by atoms with E-state index in [9.17, 15) is 77.8 Å². The van der Waals surface area contributed by atoms with Crippen molar-refractivity contribution >= 4 is 93.3 Å².